The van der Waals surface area contributed by atoms with Crippen LogP contribution in [0.1, 0.15) is 51.9 Å². The van der Waals surface area contributed by atoms with Crippen LogP contribution in [0.25, 0.3) is 16.9 Å². The summed E-state index contributed by atoms with van der Waals surface area (Å²) in [6.07, 6.45) is 5.58. The van der Waals surface area contributed by atoms with Crippen LogP contribution in [0.3, 0.4) is 0 Å². The van der Waals surface area contributed by atoms with Crippen LogP contribution < -0.4 is 10.6 Å². The van der Waals surface area contributed by atoms with E-state index in [4.69, 9.17) is 16.7 Å². The molecule has 3 rings (SSSR count). The van der Waals surface area contributed by atoms with E-state index in [2.05, 4.69) is 17.6 Å². The third-order valence-electron chi connectivity index (χ3n) is 5.28. The Kier molecular flexibility index (Phi) is 9.51. The van der Waals surface area contributed by atoms with Crippen molar-refractivity contribution in [3.05, 3.63) is 65.7 Å². The molecule has 3 aromatic rings. The Morgan fingerprint density at radius 1 is 0.909 bits per heavy atom. The summed E-state index contributed by atoms with van der Waals surface area (Å²) in [5.41, 5.74) is 2.50. The Bertz CT molecular complexity index is 1030. The number of hydrogen-bond acceptors (Lipinski definition) is 3. The predicted molar refractivity (Wildman–Crippen MR) is 134 cm³/mol. The summed E-state index contributed by atoms with van der Waals surface area (Å²) >= 11 is 6.03. The Balaban J connectivity index is 1.59. The van der Waals surface area contributed by atoms with E-state index in [1.165, 1.54) is 12.8 Å². The van der Waals surface area contributed by atoms with Crippen LogP contribution in [0.4, 0.5) is 5.82 Å². The van der Waals surface area contributed by atoms with Crippen molar-refractivity contribution in [2.75, 3.05) is 11.9 Å². The number of benzene rings is 2. The van der Waals surface area contributed by atoms with Crippen LogP contribution in [0.2, 0.25) is 5.02 Å². The van der Waals surface area contributed by atoms with Gasteiger partial charge < -0.3 is 10.6 Å². The van der Waals surface area contributed by atoms with Crippen molar-refractivity contribution in [1.29, 1.82) is 0 Å². The number of hydrogen-bond donors (Lipinski definition) is 2. The number of rotatable bonds is 12. The molecular formula is C26H31ClN4O2. The number of nitrogens with zero attached hydrogens (tertiary/aromatic N) is 2. The minimum atomic E-state index is -0.152. The second-order valence-corrected chi connectivity index (χ2v) is 8.42. The highest BCUT2D eigenvalue weighted by molar-refractivity contribution is 6.30. The van der Waals surface area contributed by atoms with Gasteiger partial charge in [0.1, 0.15) is 5.82 Å². The van der Waals surface area contributed by atoms with Crippen LogP contribution in [0.15, 0.2) is 60.7 Å². The quantitative estimate of drug-likeness (QED) is 0.321. The SMILES string of the molecule is CCCCCCNC(=O)CCCC(=O)Nc1cc(-c2ccccc2)nn1-c1ccc(Cl)cc1. The van der Waals surface area contributed by atoms with Gasteiger partial charge in [-0.05, 0) is 37.1 Å². The van der Waals surface area contributed by atoms with Crippen molar-refractivity contribution in [1.82, 2.24) is 15.1 Å². The van der Waals surface area contributed by atoms with Crippen LogP contribution in [0.5, 0.6) is 0 Å². The van der Waals surface area contributed by atoms with Gasteiger partial charge in [-0.25, -0.2) is 4.68 Å². The summed E-state index contributed by atoms with van der Waals surface area (Å²) in [4.78, 5) is 24.6. The van der Waals surface area contributed by atoms with Crippen molar-refractivity contribution in [2.24, 2.45) is 0 Å². The first kappa shape index (κ1) is 24.5. The Labute approximate surface area is 200 Å². The number of carbonyl (C=O) groups is 2. The minimum absolute atomic E-state index is 0.00290. The fourth-order valence-electron chi connectivity index (χ4n) is 3.48. The standard InChI is InChI=1S/C26H31ClN4O2/c1-2-3-4-8-18-28-25(32)12-9-13-26(33)29-24-19-23(20-10-6-5-7-11-20)30-31(24)22-16-14-21(27)15-17-22/h5-7,10-11,14-17,19H,2-4,8-9,12-13,18H2,1H3,(H,28,32)(H,29,33). The average Bonchev–Trinajstić information content (AvgIpc) is 3.23. The first-order chi connectivity index (χ1) is 16.1. The molecule has 0 aliphatic rings. The van der Waals surface area contributed by atoms with E-state index in [1.807, 2.05) is 48.5 Å². The highest BCUT2D eigenvalue weighted by atomic mass is 35.5. The molecule has 0 atom stereocenters. The zero-order valence-electron chi connectivity index (χ0n) is 19.0. The monoisotopic (exact) mass is 466 g/mol. The average molecular weight is 467 g/mol. The molecule has 1 aromatic heterocycles. The summed E-state index contributed by atoms with van der Waals surface area (Å²) < 4.78 is 1.69. The lowest BCUT2D eigenvalue weighted by atomic mass is 10.1. The van der Waals surface area contributed by atoms with Gasteiger partial charge in [0, 0.05) is 36.0 Å². The van der Waals surface area contributed by atoms with E-state index in [0.29, 0.717) is 30.2 Å². The summed E-state index contributed by atoms with van der Waals surface area (Å²) in [5, 5.41) is 11.2. The van der Waals surface area contributed by atoms with Crippen molar-refractivity contribution in [2.45, 2.75) is 51.9 Å². The maximum absolute atomic E-state index is 12.6. The van der Waals surface area contributed by atoms with Gasteiger partial charge in [0.2, 0.25) is 11.8 Å². The molecule has 2 aromatic carbocycles. The molecule has 0 unspecified atom stereocenters. The molecule has 0 spiro atoms. The van der Waals surface area contributed by atoms with Gasteiger partial charge in [0.25, 0.3) is 0 Å². The first-order valence-corrected chi connectivity index (χ1v) is 11.9. The normalized spacial score (nSPS) is 10.7. The maximum atomic E-state index is 12.6. The Morgan fingerprint density at radius 2 is 1.64 bits per heavy atom. The second-order valence-electron chi connectivity index (χ2n) is 7.98. The fraction of sp³-hybridized carbons (Fsp3) is 0.346. The van der Waals surface area contributed by atoms with Gasteiger partial charge >= 0.3 is 0 Å². The molecule has 2 N–H and O–H groups in total. The summed E-state index contributed by atoms with van der Waals surface area (Å²) in [6, 6.07) is 18.9. The zero-order chi connectivity index (χ0) is 23.5. The van der Waals surface area contributed by atoms with E-state index >= 15 is 0 Å². The fourth-order valence-corrected chi connectivity index (χ4v) is 3.61. The van der Waals surface area contributed by atoms with E-state index in [1.54, 1.807) is 16.8 Å². The minimum Gasteiger partial charge on any atom is -0.356 e. The molecule has 6 nitrogen and oxygen atoms in total. The largest absolute Gasteiger partial charge is 0.356 e. The summed E-state index contributed by atoms with van der Waals surface area (Å²) in [7, 11) is 0. The zero-order valence-corrected chi connectivity index (χ0v) is 19.8. The van der Waals surface area contributed by atoms with Crippen LogP contribution in [-0.2, 0) is 9.59 Å². The van der Waals surface area contributed by atoms with Crippen LogP contribution in [0, 0.1) is 0 Å². The molecule has 0 saturated carbocycles. The molecule has 0 fully saturated rings. The summed E-state index contributed by atoms with van der Waals surface area (Å²) in [5.74, 6) is 0.416. The van der Waals surface area contributed by atoms with Gasteiger partial charge in [-0.3, -0.25) is 9.59 Å². The molecule has 7 heteroatoms. The van der Waals surface area contributed by atoms with Crippen LogP contribution >= 0.6 is 11.6 Å². The number of amides is 2. The third kappa shape index (κ3) is 7.75. The van der Waals surface area contributed by atoms with Gasteiger partial charge in [-0.1, -0.05) is 68.1 Å². The lowest BCUT2D eigenvalue weighted by Crippen LogP contribution is -2.24. The maximum Gasteiger partial charge on any atom is 0.225 e. The molecule has 0 aliphatic carbocycles. The van der Waals surface area contributed by atoms with Crippen molar-refractivity contribution in [3.8, 4) is 16.9 Å². The molecule has 33 heavy (non-hydrogen) atoms. The van der Waals surface area contributed by atoms with Crippen LogP contribution in [-0.4, -0.2) is 28.1 Å². The number of nitrogens with one attached hydrogen (secondary N) is 2. The molecular weight excluding hydrogens is 436 g/mol. The molecule has 0 bridgehead atoms. The molecule has 0 aliphatic heterocycles. The Morgan fingerprint density at radius 3 is 2.36 bits per heavy atom. The molecule has 1 heterocycles. The molecule has 174 valence electrons. The molecule has 0 radical (unpaired) electrons. The predicted octanol–water partition coefficient (Wildman–Crippen LogP) is 6.00. The van der Waals surface area contributed by atoms with Crippen molar-refractivity contribution >= 4 is 29.2 Å². The van der Waals surface area contributed by atoms with Gasteiger partial charge in [0.05, 0.1) is 11.4 Å². The number of aromatic nitrogens is 2. The van der Waals surface area contributed by atoms with Crippen molar-refractivity contribution in [3.63, 3.8) is 0 Å². The third-order valence-corrected chi connectivity index (χ3v) is 5.53. The van der Waals surface area contributed by atoms with E-state index in [9.17, 15) is 9.59 Å². The lowest BCUT2D eigenvalue weighted by molar-refractivity contribution is -0.121. The Hall–Kier alpha value is -3.12. The highest BCUT2D eigenvalue weighted by Crippen LogP contribution is 2.25. The van der Waals surface area contributed by atoms with E-state index in [0.717, 1.165) is 29.8 Å². The molecule has 2 amide bonds. The topological polar surface area (TPSA) is 76.0 Å². The van der Waals surface area contributed by atoms with Crippen molar-refractivity contribution < 1.29 is 9.59 Å². The van der Waals surface area contributed by atoms with Gasteiger partial charge in [-0.15, -0.1) is 0 Å². The lowest BCUT2D eigenvalue weighted by Gasteiger charge is -2.09. The number of unbranched alkanes of at least 4 members (excludes halogenated alkanes) is 3. The second kappa shape index (κ2) is 12.8. The van der Waals surface area contributed by atoms with Gasteiger partial charge in [-0.2, -0.15) is 5.10 Å². The molecule has 0 saturated heterocycles. The number of halogens is 1. The number of anilines is 1. The van der Waals surface area contributed by atoms with Gasteiger partial charge in [0.15, 0.2) is 0 Å². The highest BCUT2D eigenvalue weighted by Gasteiger charge is 2.14. The van der Waals surface area contributed by atoms with E-state index in [-0.39, 0.29) is 18.2 Å². The first-order valence-electron chi connectivity index (χ1n) is 11.5. The summed E-state index contributed by atoms with van der Waals surface area (Å²) in [6.45, 7) is 2.86. The van der Waals surface area contributed by atoms with E-state index < -0.39 is 0 Å². The number of carbonyl (C=O) groups excluding carboxylic acids is 2. The smallest absolute Gasteiger partial charge is 0.225 e.